The molecule has 1 amide bonds. The molecule has 2 aromatic carbocycles. The Bertz CT molecular complexity index is 986. The molecule has 1 atom stereocenters. The van der Waals surface area contributed by atoms with E-state index in [0.717, 1.165) is 25.1 Å². The number of oxazole rings is 1. The van der Waals surface area contributed by atoms with Crippen LogP contribution in [0.5, 0.6) is 0 Å². The highest BCUT2D eigenvalue weighted by Gasteiger charge is 2.30. The molecule has 3 aromatic rings. The molecule has 1 N–H and O–H groups in total. The van der Waals surface area contributed by atoms with E-state index in [4.69, 9.17) is 4.42 Å². The second kappa shape index (κ2) is 9.75. The van der Waals surface area contributed by atoms with Gasteiger partial charge in [0.05, 0.1) is 11.9 Å². The molecule has 0 spiro atoms. The maximum atomic E-state index is 14.8. The summed E-state index contributed by atoms with van der Waals surface area (Å²) >= 11 is 0. The first-order valence-electron chi connectivity index (χ1n) is 10.7. The van der Waals surface area contributed by atoms with Crippen molar-refractivity contribution in [3.63, 3.8) is 0 Å². The standard InChI is InChI=1S/C24H27FN4O2/c1-2-6-22(30)27-19-9-10-21(20(25)17-19)28-12-14-29(15-13-28)23(24-26-11-16-31-24)18-7-4-3-5-8-18/h3-5,7-11,16-17,23H,2,6,12-15H2,1H3,(H,27,30). The fourth-order valence-corrected chi connectivity index (χ4v) is 4.03. The Kier molecular flexibility index (Phi) is 6.62. The van der Waals surface area contributed by atoms with Crippen molar-refractivity contribution in [1.29, 1.82) is 0 Å². The number of piperazine rings is 1. The average Bonchev–Trinajstić information content (AvgIpc) is 3.30. The van der Waals surface area contributed by atoms with Crippen LogP contribution in [-0.2, 0) is 4.79 Å². The zero-order valence-corrected chi connectivity index (χ0v) is 17.6. The maximum absolute atomic E-state index is 14.8. The van der Waals surface area contributed by atoms with E-state index >= 15 is 0 Å². The number of nitrogens with one attached hydrogen (secondary N) is 1. The van der Waals surface area contributed by atoms with Crippen LogP contribution in [-0.4, -0.2) is 42.0 Å². The van der Waals surface area contributed by atoms with Crippen LogP contribution in [0.25, 0.3) is 0 Å². The van der Waals surface area contributed by atoms with Crippen molar-refractivity contribution in [2.24, 2.45) is 0 Å². The fourth-order valence-electron chi connectivity index (χ4n) is 4.03. The number of aromatic nitrogens is 1. The van der Waals surface area contributed by atoms with E-state index in [0.29, 0.717) is 36.8 Å². The zero-order chi connectivity index (χ0) is 21.6. The highest BCUT2D eigenvalue weighted by atomic mass is 19.1. The van der Waals surface area contributed by atoms with Crippen LogP contribution in [0.3, 0.4) is 0 Å². The number of hydrogen-bond donors (Lipinski definition) is 1. The van der Waals surface area contributed by atoms with Crippen molar-refractivity contribution < 1.29 is 13.6 Å². The van der Waals surface area contributed by atoms with Crippen LogP contribution >= 0.6 is 0 Å². The molecular formula is C24H27FN4O2. The van der Waals surface area contributed by atoms with Gasteiger partial charge in [0.25, 0.3) is 0 Å². The van der Waals surface area contributed by atoms with Gasteiger partial charge in [-0.15, -0.1) is 0 Å². The summed E-state index contributed by atoms with van der Waals surface area (Å²) < 4.78 is 20.4. The van der Waals surface area contributed by atoms with E-state index in [1.165, 1.54) is 6.07 Å². The topological polar surface area (TPSA) is 61.6 Å². The highest BCUT2D eigenvalue weighted by molar-refractivity contribution is 5.90. The van der Waals surface area contributed by atoms with Gasteiger partial charge in [-0.2, -0.15) is 0 Å². The van der Waals surface area contributed by atoms with Crippen molar-refractivity contribution in [2.75, 3.05) is 36.4 Å². The second-order valence-corrected chi connectivity index (χ2v) is 7.67. The second-order valence-electron chi connectivity index (χ2n) is 7.67. The molecule has 1 unspecified atom stereocenters. The Morgan fingerprint density at radius 2 is 1.94 bits per heavy atom. The Morgan fingerprint density at radius 3 is 2.58 bits per heavy atom. The molecule has 0 bridgehead atoms. The molecule has 1 saturated heterocycles. The Hall–Kier alpha value is -3.19. The summed E-state index contributed by atoms with van der Waals surface area (Å²) in [5, 5.41) is 2.75. The molecule has 162 valence electrons. The van der Waals surface area contributed by atoms with Gasteiger partial charge in [0, 0.05) is 38.3 Å². The third kappa shape index (κ3) is 4.94. The van der Waals surface area contributed by atoms with E-state index in [1.807, 2.05) is 30.0 Å². The van der Waals surface area contributed by atoms with Gasteiger partial charge in [0.1, 0.15) is 18.1 Å². The predicted octanol–water partition coefficient (Wildman–Crippen LogP) is 4.46. The fraction of sp³-hybridized carbons (Fsp3) is 0.333. The molecular weight excluding hydrogens is 395 g/mol. The van der Waals surface area contributed by atoms with Crippen molar-refractivity contribution in [3.05, 3.63) is 78.3 Å². The van der Waals surface area contributed by atoms with Gasteiger partial charge in [-0.25, -0.2) is 9.37 Å². The smallest absolute Gasteiger partial charge is 0.224 e. The van der Waals surface area contributed by atoms with Crippen LogP contribution in [0.4, 0.5) is 15.8 Å². The number of hydrogen-bond acceptors (Lipinski definition) is 5. The number of halogens is 1. The summed E-state index contributed by atoms with van der Waals surface area (Å²) in [5.41, 5.74) is 2.17. The first-order valence-corrected chi connectivity index (χ1v) is 10.7. The minimum absolute atomic E-state index is 0.0700. The normalized spacial score (nSPS) is 15.6. The van der Waals surface area contributed by atoms with Crippen molar-refractivity contribution in [3.8, 4) is 0 Å². The number of amides is 1. The monoisotopic (exact) mass is 422 g/mol. The maximum Gasteiger partial charge on any atom is 0.224 e. The number of rotatable bonds is 7. The molecule has 4 rings (SSSR count). The van der Waals surface area contributed by atoms with E-state index in [1.54, 1.807) is 24.6 Å². The molecule has 1 aliphatic heterocycles. The van der Waals surface area contributed by atoms with Gasteiger partial charge < -0.3 is 14.6 Å². The lowest BCUT2D eigenvalue weighted by Gasteiger charge is -2.39. The minimum atomic E-state index is -0.324. The largest absolute Gasteiger partial charge is 0.447 e. The SMILES string of the molecule is CCCC(=O)Nc1ccc(N2CCN(C(c3ccccc3)c3ncco3)CC2)c(F)c1. The van der Waals surface area contributed by atoms with Gasteiger partial charge in [0.15, 0.2) is 0 Å². The number of benzene rings is 2. The summed E-state index contributed by atoms with van der Waals surface area (Å²) in [5.74, 6) is 0.245. The van der Waals surface area contributed by atoms with Crippen molar-refractivity contribution in [1.82, 2.24) is 9.88 Å². The van der Waals surface area contributed by atoms with E-state index < -0.39 is 0 Å². The first kappa shape index (κ1) is 21.1. The first-order chi connectivity index (χ1) is 15.2. The van der Waals surface area contributed by atoms with Crippen molar-refractivity contribution in [2.45, 2.75) is 25.8 Å². The summed E-state index contributed by atoms with van der Waals surface area (Å²) in [4.78, 5) is 20.5. The molecule has 1 aromatic heterocycles. The van der Waals surface area contributed by atoms with E-state index in [9.17, 15) is 9.18 Å². The molecule has 31 heavy (non-hydrogen) atoms. The van der Waals surface area contributed by atoms with Gasteiger partial charge >= 0.3 is 0 Å². The molecule has 7 heteroatoms. The number of nitrogens with zero attached hydrogens (tertiary/aromatic N) is 3. The van der Waals surface area contributed by atoms with Gasteiger partial charge in [-0.3, -0.25) is 9.69 Å². The summed E-state index contributed by atoms with van der Waals surface area (Å²) in [6, 6.07) is 15.0. The number of carbonyl (C=O) groups is 1. The Balaban J connectivity index is 1.45. The minimum Gasteiger partial charge on any atom is -0.447 e. The van der Waals surface area contributed by atoms with Gasteiger partial charge in [-0.1, -0.05) is 37.3 Å². The Labute approximate surface area is 181 Å². The lowest BCUT2D eigenvalue weighted by Crippen LogP contribution is -2.48. The van der Waals surface area contributed by atoms with E-state index in [-0.39, 0.29) is 17.8 Å². The number of anilines is 2. The molecule has 1 aliphatic rings. The number of carbonyl (C=O) groups excluding carboxylic acids is 1. The molecule has 2 heterocycles. The lowest BCUT2D eigenvalue weighted by molar-refractivity contribution is -0.116. The zero-order valence-electron chi connectivity index (χ0n) is 17.6. The van der Waals surface area contributed by atoms with Crippen LogP contribution in [0.2, 0.25) is 0 Å². The molecule has 0 aliphatic carbocycles. The van der Waals surface area contributed by atoms with Gasteiger partial charge in [-0.05, 0) is 30.2 Å². The van der Waals surface area contributed by atoms with Crippen LogP contribution < -0.4 is 10.2 Å². The predicted molar refractivity (Wildman–Crippen MR) is 119 cm³/mol. The highest BCUT2D eigenvalue weighted by Crippen LogP contribution is 2.30. The summed E-state index contributed by atoms with van der Waals surface area (Å²) in [6.45, 7) is 4.80. The van der Waals surface area contributed by atoms with Gasteiger partial charge in [0.2, 0.25) is 11.8 Å². The lowest BCUT2D eigenvalue weighted by atomic mass is 10.0. The third-order valence-electron chi connectivity index (χ3n) is 5.53. The van der Waals surface area contributed by atoms with Crippen LogP contribution in [0.1, 0.15) is 37.3 Å². The molecule has 6 nitrogen and oxygen atoms in total. The molecule has 0 saturated carbocycles. The Morgan fingerprint density at radius 1 is 1.16 bits per heavy atom. The average molecular weight is 423 g/mol. The molecule has 0 radical (unpaired) electrons. The third-order valence-corrected chi connectivity index (χ3v) is 5.53. The van der Waals surface area contributed by atoms with Crippen molar-refractivity contribution >= 4 is 17.3 Å². The summed E-state index contributed by atoms with van der Waals surface area (Å²) in [6.07, 6.45) is 4.45. The van der Waals surface area contributed by atoms with Crippen LogP contribution in [0, 0.1) is 5.82 Å². The quantitative estimate of drug-likeness (QED) is 0.609. The summed E-state index contributed by atoms with van der Waals surface area (Å²) in [7, 11) is 0. The van der Waals surface area contributed by atoms with E-state index in [2.05, 4.69) is 27.3 Å². The molecule has 1 fully saturated rings. The van der Waals surface area contributed by atoms with Crippen LogP contribution in [0.15, 0.2) is 65.4 Å².